The third-order valence-electron chi connectivity index (χ3n) is 2.38. The molecule has 0 fully saturated rings. The van der Waals surface area contributed by atoms with Crippen LogP contribution in [0.5, 0.6) is 0 Å². The molecule has 1 nitrogen and oxygen atoms in total. The summed E-state index contributed by atoms with van der Waals surface area (Å²) in [5.74, 6) is -1.83. The summed E-state index contributed by atoms with van der Waals surface area (Å²) in [6, 6.07) is 5.42. The summed E-state index contributed by atoms with van der Waals surface area (Å²) in [6.07, 6.45) is 0.433. The van der Waals surface area contributed by atoms with E-state index in [0.29, 0.717) is 12.0 Å². The fourth-order valence-corrected chi connectivity index (χ4v) is 3.06. The first-order chi connectivity index (χ1) is 8.54. The van der Waals surface area contributed by atoms with E-state index < -0.39 is 11.6 Å². The van der Waals surface area contributed by atoms with Crippen molar-refractivity contribution in [2.75, 3.05) is 0 Å². The fraction of sp³-hybridized carbons (Fsp3) is 0.154. The Morgan fingerprint density at radius 3 is 2.56 bits per heavy atom. The summed E-state index contributed by atoms with van der Waals surface area (Å²) in [5.41, 5.74) is 0.495. The van der Waals surface area contributed by atoms with E-state index in [9.17, 15) is 13.6 Å². The van der Waals surface area contributed by atoms with Gasteiger partial charge in [-0.3, -0.25) is 4.79 Å². The van der Waals surface area contributed by atoms with Crippen LogP contribution in [0, 0.1) is 11.6 Å². The third kappa shape index (κ3) is 3.46. The highest BCUT2D eigenvalue weighted by molar-refractivity contribution is 9.10. The fourth-order valence-electron chi connectivity index (χ4n) is 1.58. The van der Waals surface area contributed by atoms with E-state index in [4.69, 9.17) is 0 Å². The summed E-state index contributed by atoms with van der Waals surface area (Å²) in [5, 5.41) is 1.90. The Morgan fingerprint density at radius 2 is 1.94 bits per heavy atom. The van der Waals surface area contributed by atoms with Gasteiger partial charge in [-0.15, -0.1) is 11.3 Å². The van der Waals surface area contributed by atoms with Crippen LogP contribution in [0.1, 0.15) is 10.4 Å². The Hall–Kier alpha value is -1.07. The number of ketones is 1. The van der Waals surface area contributed by atoms with Crippen molar-refractivity contribution in [3.8, 4) is 0 Å². The van der Waals surface area contributed by atoms with Gasteiger partial charge in [0, 0.05) is 27.6 Å². The first-order valence-corrected chi connectivity index (χ1v) is 6.90. The minimum absolute atomic E-state index is 0.0182. The smallest absolute Gasteiger partial charge is 0.159 e. The molecule has 18 heavy (non-hydrogen) atoms. The topological polar surface area (TPSA) is 17.1 Å². The average Bonchev–Trinajstić information content (AvgIpc) is 2.69. The minimum Gasteiger partial charge on any atom is -0.299 e. The Bertz CT molecular complexity index is 580. The normalized spacial score (nSPS) is 10.6. The number of carbonyl (C=O) groups excluding carboxylic acids is 1. The molecule has 94 valence electrons. The molecule has 0 radical (unpaired) electrons. The van der Waals surface area contributed by atoms with Gasteiger partial charge < -0.3 is 0 Å². The van der Waals surface area contributed by atoms with E-state index in [0.717, 1.165) is 21.5 Å². The number of benzene rings is 1. The zero-order valence-electron chi connectivity index (χ0n) is 9.25. The van der Waals surface area contributed by atoms with Gasteiger partial charge in [0.15, 0.2) is 11.6 Å². The van der Waals surface area contributed by atoms with Crippen molar-refractivity contribution in [3.63, 3.8) is 0 Å². The van der Waals surface area contributed by atoms with Gasteiger partial charge in [-0.25, -0.2) is 8.78 Å². The number of carbonyl (C=O) groups is 1. The molecule has 0 amide bonds. The maximum Gasteiger partial charge on any atom is 0.159 e. The maximum absolute atomic E-state index is 13.0. The lowest BCUT2D eigenvalue weighted by atomic mass is 10.1. The van der Waals surface area contributed by atoms with Crippen molar-refractivity contribution < 1.29 is 13.6 Å². The number of halogens is 3. The Morgan fingerprint density at radius 1 is 1.17 bits per heavy atom. The SMILES string of the molecule is O=C(Cc1ccc(F)c(F)c1)Cc1cc(Br)cs1. The molecule has 0 bridgehead atoms. The lowest BCUT2D eigenvalue weighted by Gasteiger charge is -2.01. The highest BCUT2D eigenvalue weighted by Gasteiger charge is 2.09. The molecule has 5 heteroatoms. The van der Waals surface area contributed by atoms with Crippen LogP contribution in [0.4, 0.5) is 8.78 Å². The second-order valence-corrected chi connectivity index (χ2v) is 5.78. The van der Waals surface area contributed by atoms with Crippen LogP contribution < -0.4 is 0 Å². The molecule has 0 saturated carbocycles. The second kappa shape index (κ2) is 5.71. The molecule has 0 saturated heterocycles. The van der Waals surface area contributed by atoms with Crippen LogP contribution in [-0.2, 0) is 17.6 Å². The largest absolute Gasteiger partial charge is 0.299 e. The Balaban J connectivity index is 2.00. The van der Waals surface area contributed by atoms with E-state index >= 15 is 0 Å². The average molecular weight is 331 g/mol. The molecule has 2 aromatic rings. The van der Waals surface area contributed by atoms with Crippen LogP contribution >= 0.6 is 27.3 Å². The van der Waals surface area contributed by atoms with E-state index in [1.165, 1.54) is 17.4 Å². The molecule has 0 aliphatic rings. The molecule has 1 aromatic heterocycles. The van der Waals surface area contributed by atoms with Crippen LogP contribution in [-0.4, -0.2) is 5.78 Å². The number of hydrogen-bond donors (Lipinski definition) is 0. The van der Waals surface area contributed by atoms with Crippen molar-refractivity contribution in [2.45, 2.75) is 12.8 Å². The van der Waals surface area contributed by atoms with E-state index in [1.807, 2.05) is 11.4 Å². The molecular formula is C13H9BrF2OS. The van der Waals surface area contributed by atoms with Crippen LogP contribution in [0.25, 0.3) is 0 Å². The van der Waals surface area contributed by atoms with E-state index in [1.54, 1.807) is 0 Å². The van der Waals surface area contributed by atoms with Crippen molar-refractivity contribution in [1.82, 2.24) is 0 Å². The van der Waals surface area contributed by atoms with Crippen LogP contribution in [0.2, 0.25) is 0 Å². The van der Waals surface area contributed by atoms with Gasteiger partial charge in [0.2, 0.25) is 0 Å². The van der Waals surface area contributed by atoms with Crippen molar-refractivity contribution in [2.24, 2.45) is 0 Å². The van der Waals surface area contributed by atoms with Gasteiger partial charge in [-0.05, 0) is 39.7 Å². The molecular weight excluding hydrogens is 322 g/mol. The molecule has 2 rings (SSSR count). The number of hydrogen-bond acceptors (Lipinski definition) is 2. The number of rotatable bonds is 4. The molecule has 0 N–H and O–H groups in total. The van der Waals surface area contributed by atoms with Crippen molar-refractivity contribution in [1.29, 1.82) is 0 Å². The molecule has 1 heterocycles. The molecule has 1 aromatic carbocycles. The highest BCUT2D eigenvalue weighted by atomic mass is 79.9. The molecule has 0 atom stereocenters. The van der Waals surface area contributed by atoms with Gasteiger partial charge in [0.1, 0.15) is 5.78 Å². The summed E-state index contributed by atoms with van der Waals surface area (Å²) >= 11 is 4.81. The molecule has 0 unspecified atom stereocenters. The lowest BCUT2D eigenvalue weighted by molar-refractivity contribution is -0.117. The summed E-state index contributed by atoms with van der Waals surface area (Å²) in [4.78, 5) is 12.7. The number of thiophene rings is 1. The highest BCUT2D eigenvalue weighted by Crippen LogP contribution is 2.20. The van der Waals surface area contributed by atoms with Crippen LogP contribution in [0.15, 0.2) is 34.1 Å². The molecule has 0 aliphatic heterocycles. The predicted molar refractivity (Wildman–Crippen MR) is 70.8 cm³/mol. The van der Waals surface area contributed by atoms with Gasteiger partial charge in [0.25, 0.3) is 0 Å². The minimum atomic E-state index is -0.917. The van der Waals surface area contributed by atoms with Crippen molar-refractivity contribution in [3.05, 3.63) is 56.2 Å². The van der Waals surface area contributed by atoms with Crippen LogP contribution in [0.3, 0.4) is 0 Å². The first-order valence-electron chi connectivity index (χ1n) is 5.23. The molecule has 0 spiro atoms. The Labute approximate surface area is 116 Å². The van der Waals surface area contributed by atoms with Gasteiger partial charge in [-0.2, -0.15) is 0 Å². The molecule has 0 aliphatic carbocycles. The summed E-state index contributed by atoms with van der Waals surface area (Å²) < 4.78 is 26.6. The van der Waals surface area contributed by atoms with Gasteiger partial charge in [-0.1, -0.05) is 6.07 Å². The number of Topliss-reactive ketones (excluding diaryl/α,β-unsaturated/α-hetero) is 1. The third-order valence-corrected chi connectivity index (χ3v) is 4.08. The van der Waals surface area contributed by atoms with Gasteiger partial charge in [0.05, 0.1) is 0 Å². The quantitative estimate of drug-likeness (QED) is 0.823. The summed E-state index contributed by atoms with van der Waals surface area (Å²) in [6.45, 7) is 0. The standard InChI is InChI=1S/C13H9BrF2OS/c14-9-5-11(18-7-9)6-10(17)3-8-1-2-12(15)13(16)4-8/h1-2,4-5,7H,3,6H2. The van der Waals surface area contributed by atoms with E-state index in [2.05, 4.69) is 15.9 Å². The second-order valence-electron chi connectivity index (χ2n) is 3.87. The lowest BCUT2D eigenvalue weighted by Crippen LogP contribution is -2.06. The monoisotopic (exact) mass is 330 g/mol. The summed E-state index contributed by atoms with van der Waals surface area (Å²) in [7, 11) is 0. The van der Waals surface area contributed by atoms with E-state index in [-0.39, 0.29) is 12.2 Å². The maximum atomic E-state index is 13.0. The first kappa shape index (κ1) is 13.4. The van der Waals surface area contributed by atoms with Crippen molar-refractivity contribution >= 4 is 33.0 Å². The Kier molecular flexibility index (Phi) is 4.24. The predicted octanol–water partition coefficient (Wildman–Crippen LogP) is 4.14. The van der Waals surface area contributed by atoms with Gasteiger partial charge >= 0.3 is 0 Å². The zero-order valence-corrected chi connectivity index (χ0v) is 11.7. The zero-order chi connectivity index (χ0) is 13.1.